The van der Waals surface area contributed by atoms with Crippen LogP contribution in [0, 0.1) is 0 Å². The van der Waals surface area contributed by atoms with E-state index >= 15 is 0 Å². The first-order valence-electron chi connectivity index (χ1n) is 9.44. The van der Waals surface area contributed by atoms with E-state index in [9.17, 15) is 24.6 Å². The molecule has 7 nitrogen and oxygen atoms in total. The molecule has 0 saturated heterocycles. The molecule has 0 spiro atoms. The largest absolute Gasteiger partial charge is 0.507 e. The number of rotatable bonds is 9. The summed E-state index contributed by atoms with van der Waals surface area (Å²) in [4.78, 5) is 35.2. The summed E-state index contributed by atoms with van der Waals surface area (Å²) in [6, 6.07) is 12.7. The van der Waals surface area contributed by atoms with Crippen molar-refractivity contribution < 1.29 is 29.7 Å². The molecule has 2 rings (SSSR count). The van der Waals surface area contributed by atoms with E-state index in [2.05, 4.69) is 11.9 Å². The van der Waals surface area contributed by atoms with Crippen molar-refractivity contribution in [1.82, 2.24) is 0 Å². The number of anilines is 1. The molecule has 0 unspecified atom stereocenters. The van der Waals surface area contributed by atoms with Gasteiger partial charge in [-0.3, -0.25) is 9.59 Å². The maximum Gasteiger partial charge on any atom is 0.336 e. The Morgan fingerprint density at radius 2 is 1.58 bits per heavy atom. The summed E-state index contributed by atoms with van der Waals surface area (Å²) in [6.45, 7) is 5.52. The summed E-state index contributed by atoms with van der Waals surface area (Å²) in [7, 11) is 0. The molecule has 0 aliphatic carbocycles. The van der Waals surface area contributed by atoms with E-state index in [1.54, 1.807) is 43.3 Å². The number of allylic oxidation sites excluding steroid dienone is 2. The monoisotopic (exact) mass is 421 g/mol. The number of hydrogen-bond acceptors (Lipinski definition) is 4. The van der Waals surface area contributed by atoms with Crippen molar-refractivity contribution in [2.45, 2.75) is 19.8 Å². The fraction of sp³-hybridized carbons (Fsp3) is 0.125. The van der Waals surface area contributed by atoms with Crippen LogP contribution in [0.4, 0.5) is 5.69 Å². The van der Waals surface area contributed by atoms with E-state index in [4.69, 9.17) is 5.11 Å². The molecule has 1 amide bonds. The van der Waals surface area contributed by atoms with Gasteiger partial charge in [-0.2, -0.15) is 0 Å². The van der Waals surface area contributed by atoms with Crippen LogP contribution in [0.15, 0.2) is 78.6 Å². The zero-order valence-corrected chi connectivity index (χ0v) is 17.0. The highest BCUT2D eigenvalue weighted by Gasteiger charge is 2.22. The summed E-state index contributed by atoms with van der Waals surface area (Å²) in [5.41, 5.74) is 1.28. The number of carbonyl (C=O) groups excluding carboxylic acids is 1. The molecular weight excluding hydrogens is 398 g/mol. The van der Waals surface area contributed by atoms with Crippen LogP contribution in [-0.4, -0.2) is 33.2 Å². The first-order chi connectivity index (χ1) is 14.7. The number of hydrogen-bond donors (Lipinski definition) is 4. The molecule has 160 valence electrons. The van der Waals surface area contributed by atoms with E-state index in [0.717, 1.165) is 5.56 Å². The van der Waals surface area contributed by atoms with Crippen LogP contribution in [0.1, 0.15) is 34.8 Å². The smallest absolute Gasteiger partial charge is 0.336 e. The second kappa shape index (κ2) is 10.6. The summed E-state index contributed by atoms with van der Waals surface area (Å²) >= 11 is 0. The lowest BCUT2D eigenvalue weighted by atomic mass is 9.93. The fourth-order valence-electron chi connectivity index (χ4n) is 2.92. The molecule has 0 aromatic heterocycles. The summed E-state index contributed by atoms with van der Waals surface area (Å²) < 4.78 is 0. The maximum atomic E-state index is 13.0. The number of amides is 1. The van der Waals surface area contributed by atoms with Crippen LogP contribution in [0.25, 0.3) is 5.57 Å². The molecule has 0 atom stereocenters. The number of carboxylic acid groups (broad SMARTS) is 2. The number of nitrogens with one attached hydrogen (secondary N) is 1. The second-order valence-electron chi connectivity index (χ2n) is 6.63. The van der Waals surface area contributed by atoms with Crippen molar-refractivity contribution >= 4 is 29.1 Å². The van der Waals surface area contributed by atoms with E-state index < -0.39 is 17.8 Å². The minimum absolute atomic E-state index is 0.00136. The average molecular weight is 421 g/mol. The van der Waals surface area contributed by atoms with Crippen LogP contribution in [0.2, 0.25) is 0 Å². The topological polar surface area (TPSA) is 124 Å². The molecular formula is C24H23NO6. The number of aliphatic hydroxyl groups is 1. The number of carbonyl (C=O) groups is 3. The number of carboxylic acids is 2. The van der Waals surface area contributed by atoms with Crippen LogP contribution in [-0.2, 0) is 16.0 Å². The molecule has 0 fully saturated rings. The van der Waals surface area contributed by atoms with Crippen molar-refractivity contribution in [2.24, 2.45) is 0 Å². The van der Waals surface area contributed by atoms with Crippen LogP contribution >= 0.6 is 0 Å². The number of aliphatic hydroxyl groups excluding tert-OH is 1. The van der Waals surface area contributed by atoms with Crippen LogP contribution < -0.4 is 5.32 Å². The van der Waals surface area contributed by atoms with Gasteiger partial charge in [-0.25, -0.2) is 4.79 Å². The third-order valence-electron chi connectivity index (χ3n) is 4.43. The van der Waals surface area contributed by atoms with Gasteiger partial charge in [-0.1, -0.05) is 43.0 Å². The lowest BCUT2D eigenvalue weighted by Crippen LogP contribution is -2.18. The third kappa shape index (κ3) is 6.17. The summed E-state index contributed by atoms with van der Waals surface area (Å²) in [5, 5.41) is 31.3. The Morgan fingerprint density at radius 1 is 0.968 bits per heavy atom. The Hall–Kier alpha value is -4.13. The highest BCUT2D eigenvalue weighted by Crippen LogP contribution is 2.28. The molecule has 2 aromatic carbocycles. The molecule has 31 heavy (non-hydrogen) atoms. The SMILES string of the molecule is C=C(/C(C(=O)Nc1ccc(CCC(=O)O)cc1)=C(O)/C=C\C)c1ccccc1C(=O)O. The predicted octanol–water partition coefficient (Wildman–Crippen LogP) is 4.44. The Bertz CT molecular complexity index is 1060. The Kier molecular flexibility index (Phi) is 7.91. The first kappa shape index (κ1) is 23.2. The van der Waals surface area contributed by atoms with Crippen molar-refractivity contribution in [2.75, 3.05) is 5.32 Å². The lowest BCUT2D eigenvalue weighted by molar-refractivity contribution is -0.137. The molecule has 0 bridgehead atoms. The first-order valence-corrected chi connectivity index (χ1v) is 9.44. The van der Waals surface area contributed by atoms with Crippen molar-refractivity contribution in [1.29, 1.82) is 0 Å². The van der Waals surface area contributed by atoms with Crippen LogP contribution in [0.5, 0.6) is 0 Å². The molecule has 0 radical (unpaired) electrons. The maximum absolute atomic E-state index is 13.0. The number of aliphatic carboxylic acids is 1. The average Bonchev–Trinajstić information content (AvgIpc) is 2.73. The van der Waals surface area contributed by atoms with E-state index in [0.29, 0.717) is 12.1 Å². The van der Waals surface area contributed by atoms with Gasteiger partial charge in [0, 0.05) is 12.1 Å². The number of benzene rings is 2. The zero-order chi connectivity index (χ0) is 23.0. The van der Waals surface area contributed by atoms with Gasteiger partial charge in [0.25, 0.3) is 5.91 Å². The van der Waals surface area contributed by atoms with Gasteiger partial charge in [-0.15, -0.1) is 0 Å². The number of aryl methyl sites for hydroxylation is 1. The summed E-state index contributed by atoms with van der Waals surface area (Å²) in [6.07, 6.45) is 3.22. The molecule has 0 saturated carbocycles. The van der Waals surface area contributed by atoms with Crippen molar-refractivity contribution in [3.63, 3.8) is 0 Å². The van der Waals surface area contributed by atoms with Gasteiger partial charge in [0.15, 0.2) is 0 Å². The standard InChI is InChI=1S/C24H23NO6/c1-3-6-20(26)22(15(2)18-7-4-5-8-19(18)24(30)31)23(29)25-17-12-9-16(10-13-17)11-14-21(27)28/h3-10,12-13,26H,2,11,14H2,1H3,(H,25,29)(H,27,28)(H,30,31)/b6-3-,22-20+. The molecule has 4 N–H and O–H groups in total. The number of aromatic carboxylic acids is 1. The third-order valence-corrected chi connectivity index (χ3v) is 4.43. The van der Waals surface area contributed by atoms with E-state index in [1.807, 2.05) is 0 Å². The van der Waals surface area contributed by atoms with Crippen LogP contribution in [0.3, 0.4) is 0 Å². The Morgan fingerprint density at radius 3 is 2.13 bits per heavy atom. The van der Waals surface area contributed by atoms with Crippen molar-refractivity contribution in [3.8, 4) is 0 Å². The van der Waals surface area contributed by atoms with Gasteiger partial charge < -0.3 is 20.6 Å². The van der Waals surface area contributed by atoms with E-state index in [-0.39, 0.29) is 34.5 Å². The van der Waals surface area contributed by atoms with Gasteiger partial charge in [0.05, 0.1) is 11.1 Å². The minimum Gasteiger partial charge on any atom is -0.507 e. The van der Waals surface area contributed by atoms with Gasteiger partial charge >= 0.3 is 11.9 Å². The summed E-state index contributed by atoms with van der Waals surface area (Å²) in [5.74, 6) is -3.10. The molecule has 0 aliphatic heterocycles. The van der Waals surface area contributed by atoms with Crippen molar-refractivity contribution in [3.05, 3.63) is 95.3 Å². The predicted molar refractivity (Wildman–Crippen MR) is 118 cm³/mol. The Labute approximate surface area is 179 Å². The molecule has 7 heteroatoms. The lowest BCUT2D eigenvalue weighted by Gasteiger charge is -2.15. The second-order valence-corrected chi connectivity index (χ2v) is 6.63. The Balaban J connectivity index is 2.34. The quantitative estimate of drug-likeness (QED) is 0.270. The molecule has 0 heterocycles. The molecule has 0 aliphatic rings. The van der Waals surface area contributed by atoms with E-state index in [1.165, 1.54) is 24.3 Å². The minimum atomic E-state index is -1.18. The van der Waals surface area contributed by atoms with Gasteiger partial charge in [0.2, 0.25) is 0 Å². The zero-order valence-electron chi connectivity index (χ0n) is 17.0. The normalized spacial score (nSPS) is 11.6. The highest BCUT2D eigenvalue weighted by atomic mass is 16.4. The fourth-order valence-corrected chi connectivity index (χ4v) is 2.92. The highest BCUT2D eigenvalue weighted by molar-refractivity contribution is 6.16. The van der Waals surface area contributed by atoms with Gasteiger partial charge in [-0.05, 0) is 54.3 Å². The molecule has 2 aromatic rings. The van der Waals surface area contributed by atoms with Gasteiger partial charge in [0.1, 0.15) is 5.76 Å².